The third kappa shape index (κ3) is 5.33. The maximum Gasteiger partial charge on any atom is 0.417 e. The second-order valence-corrected chi connectivity index (χ2v) is 7.21. The summed E-state index contributed by atoms with van der Waals surface area (Å²) >= 11 is 5.54. The number of benzene rings is 1. The van der Waals surface area contributed by atoms with E-state index in [1.54, 1.807) is 0 Å². The molecule has 1 aromatic heterocycles. The Kier molecular flexibility index (Phi) is 6.96. The number of nitrogens with two attached hydrogens (primary N) is 1. The van der Waals surface area contributed by atoms with Gasteiger partial charge in [-0.1, -0.05) is 11.6 Å². The summed E-state index contributed by atoms with van der Waals surface area (Å²) in [6.07, 6.45) is -4.69. The van der Waals surface area contributed by atoms with Crippen LogP contribution in [-0.4, -0.2) is 45.9 Å². The maximum absolute atomic E-state index is 12.9. The van der Waals surface area contributed by atoms with E-state index in [4.69, 9.17) is 17.3 Å². The number of hydrogen-bond acceptors (Lipinski definition) is 6. The highest BCUT2D eigenvalue weighted by molar-refractivity contribution is 6.31. The van der Waals surface area contributed by atoms with Crippen LogP contribution in [-0.2, 0) is 25.1 Å². The van der Waals surface area contributed by atoms with Crippen molar-refractivity contribution in [1.29, 1.82) is 0 Å². The molecule has 2 aromatic rings. The molecule has 0 spiro atoms. The number of carbonyl (C=O) groups excluding carboxylic acids is 2. The van der Waals surface area contributed by atoms with Gasteiger partial charge in [-0.05, 0) is 25.2 Å². The maximum atomic E-state index is 12.9. The molecule has 2 rings (SSSR count). The van der Waals surface area contributed by atoms with Gasteiger partial charge in [-0.25, -0.2) is 4.79 Å². The fraction of sp³-hybridized carbons (Fsp3) is 0.333. The summed E-state index contributed by atoms with van der Waals surface area (Å²) in [7, 11) is 3.88. The van der Waals surface area contributed by atoms with E-state index < -0.39 is 51.8 Å². The van der Waals surface area contributed by atoms with Crippen molar-refractivity contribution in [3.63, 3.8) is 0 Å². The van der Waals surface area contributed by atoms with Crippen LogP contribution >= 0.6 is 11.6 Å². The first-order chi connectivity index (χ1) is 14.2. The average Bonchev–Trinajstić information content (AvgIpc) is 2.65. The van der Waals surface area contributed by atoms with Gasteiger partial charge in [0.15, 0.2) is 5.78 Å². The summed E-state index contributed by atoms with van der Waals surface area (Å²) in [6, 6.07) is 2.90. The molecule has 0 aliphatic rings. The molecule has 1 aromatic carbocycles. The zero-order valence-electron chi connectivity index (χ0n) is 16.7. The number of nitrogen functional groups attached to an aromatic ring is 1. The Hall–Kier alpha value is -3.12. The predicted molar refractivity (Wildman–Crippen MR) is 108 cm³/mol. The molecule has 1 amide bonds. The molecule has 1 heterocycles. The molecule has 9 nitrogen and oxygen atoms in total. The number of Topliss-reactive ketones (excluding diaryl/α,β-unsaturated/α-hetero) is 1. The van der Waals surface area contributed by atoms with Crippen molar-refractivity contribution < 1.29 is 22.8 Å². The number of amides is 1. The molecule has 0 unspecified atom stereocenters. The molecule has 0 atom stereocenters. The zero-order valence-corrected chi connectivity index (χ0v) is 17.5. The van der Waals surface area contributed by atoms with Gasteiger partial charge in [-0.2, -0.15) is 13.2 Å². The van der Waals surface area contributed by atoms with Gasteiger partial charge in [-0.3, -0.25) is 28.4 Å². The second-order valence-electron chi connectivity index (χ2n) is 6.80. The van der Waals surface area contributed by atoms with Crippen LogP contribution < -0.4 is 22.3 Å². The van der Waals surface area contributed by atoms with Gasteiger partial charge in [-0.15, -0.1) is 0 Å². The number of hydrogen-bond donors (Lipinski definition) is 2. The molecule has 0 bridgehead atoms. The highest BCUT2D eigenvalue weighted by atomic mass is 35.5. The lowest BCUT2D eigenvalue weighted by molar-refractivity contribution is -0.137. The minimum atomic E-state index is -4.69. The van der Waals surface area contributed by atoms with Gasteiger partial charge in [0.2, 0.25) is 5.91 Å². The molecular formula is C18H19ClF3N5O4. The van der Waals surface area contributed by atoms with Crippen LogP contribution in [0.2, 0.25) is 5.02 Å². The van der Waals surface area contributed by atoms with Gasteiger partial charge in [0.25, 0.3) is 5.56 Å². The van der Waals surface area contributed by atoms with Crippen LogP contribution in [0.4, 0.5) is 24.7 Å². The Balaban J connectivity index is 2.11. The monoisotopic (exact) mass is 461 g/mol. The minimum absolute atomic E-state index is 0.127. The van der Waals surface area contributed by atoms with Crippen LogP contribution in [0.25, 0.3) is 0 Å². The summed E-state index contributed by atoms with van der Waals surface area (Å²) in [5.74, 6) is -1.74. The SMILES string of the molecule is CN(CC(=O)Nc1ccc(Cl)c(C(F)(F)F)c1)CC(=O)c1c(N)n(C)c(=O)n(C)c1=O. The summed E-state index contributed by atoms with van der Waals surface area (Å²) in [6.45, 7) is -0.777. The van der Waals surface area contributed by atoms with Crippen molar-refractivity contribution in [3.8, 4) is 0 Å². The van der Waals surface area contributed by atoms with Gasteiger partial charge in [0.05, 0.1) is 23.7 Å². The second kappa shape index (κ2) is 8.94. The van der Waals surface area contributed by atoms with Crippen molar-refractivity contribution >= 4 is 34.8 Å². The Bertz CT molecular complexity index is 1160. The van der Waals surface area contributed by atoms with E-state index >= 15 is 0 Å². The standard InChI is InChI=1S/C18H19ClF3N5O4/c1-25(7-12(28)14-15(23)26(2)17(31)27(3)16(14)30)8-13(29)24-9-4-5-11(19)10(6-9)18(20,21)22/h4-6H,7-8,23H2,1-3H3,(H,24,29). The molecule has 168 valence electrons. The Morgan fingerprint density at radius 3 is 2.35 bits per heavy atom. The lowest BCUT2D eigenvalue weighted by atomic mass is 10.1. The number of alkyl halides is 3. The number of halogens is 4. The minimum Gasteiger partial charge on any atom is -0.384 e. The van der Waals surface area contributed by atoms with E-state index in [2.05, 4.69) is 5.32 Å². The number of anilines is 2. The van der Waals surface area contributed by atoms with E-state index in [0.717, 1.165) is 15.2 Å². The van der Waals surface area contributed by atoms with E-state index in [1.807, 2.05) is 0 Å². The Morgan fingerprint density at radius 1 is 1.16 bits per heavy atom. The van der Waals surface area contributed by atoms with E-state index in [9.17, 15) is 32.3 Å². The first kappa shape index (κ1) is 24.2. The largest absolute Gasteiger partial charge is 0.417 e. The highest BCUT2D eigenvalue weighted by Gasteiger charge is 2.33. The number of ketones is 1. The number of rotatable bonds is 6. The van der Waals surface area contributed by atoms with Crippen LogP contribution in [0.3, 0.4) is 0 Å². The summed E-state index contributed by atoms with van der Waals surface area (Å²) in [4.78, 5) is 50.0. The molecule has 0 saturated heterocycles. The fourth-order valence-electron chi connectivity index (χ4n) is 2.77. The van der Waals surface area contributed by atoms with Crippen molar-refractivity contribution in [3.05, 3.63) is 55.2 Å². The molecular weight excluding hydrogens is 443 g/mol. The van der Waals surface area contributed by atoms with Crippen LogP contribution in [0.1, 0.15) is 15.9 Å². The smallest absolute Gasteiger partial charge is 0.384 e. The number of carbonyl (C=O) groups is 2. The summed E-state index contributed by atoms with van der Waals surface area (Å²) < 4.78 is 40.5. The normalized spacial score (nSPS) is 11.6. The predicted octanol–water partition coefficient (Wildman–Crippen LogP) is 1.09. The highest BCUT2D eigenvalue weighted by Crippen LogP contribution is 2.36. The number of likely N-dealkylation sites (N-methyl/N-ethyl adjacent to an activating group) is 1. The molecule has 3 N–H and O–H groups in total. The van der Waals surface area contributed by atoms with E-state index in [-0.39, 0.29) is 18.1 Å². The lowest BCUT2D eigenvalue weighted by Crippen LogP contribution is -2.43. The third-order valence-corrected chi connectivity index (χ3v) is 4.70. The number of aromatic nitrogens is 2. The molecule has 0 aliphatic heterocycles. The molecule has 0 aliphatic carbocycles. The van der Waals surface area contributed by atoms with Crippen molar-refractivity contribution in [1.82, 2.24) is 14.0 Å². The van der Waals surface area contributed by atoms with Gasteiger partial charge in [0.1, 0.15) is 11.4 Å². The summed E-state index contributed by atoms with van der Waals surface area (Å²) in [5.41, 5.74) is 2.52. The van der Waals surface area contributed by atoms with Gasteiger partial charge in [0, 0.05) is 19.8 Å². The van der Waals surface area contributed by atoms with E-state index in [1.165, 1.54) is 32.1 Å². The first-order valence-electron chi connectivity index (χ1n) is 8.67. The molecule has 13 heteroatoms. The quantitative estimate of drug-likeness (QED) is 0.621. The fourth-order valence-corrected chi connectivity index (χ4v) is 2.99. The van der Waals surface area contributed by atoms with Crippen molar-refractivity contribution in [2.45, 2.75) is 6.18 Å². The molecule has 31 heavy (non-hydrogen) atoms. The van der Waals surface area contributed by atoms with Crippen LogP contribution in [0.5, 0.6) is 0 Å². The molecule has 0 fully saturated rings. The van der Waals surface area contributed by atoms with Gasteiger partial charge >= 0.3 is 11.9 Å². The molecule has 0 radical (unpaired) electrons. The van der Waals surface area contributed by atoms with Crippen LogP contribution in [0.15, 0.2) is 27.8 Å². The third-order valence-electron chi connectivity index (χ3n) is 4.37. The Morgan fingerprint density at radius 2 is 1.77 bits per heavy atom. The number of nitrogens with zero attached hydrogens (tertiary/aromatic N) is 3. The van der Waals surface area contributed by atoms with Gasteiger partial charge < -0.3 is 11.1 Å². The number of nitrogens with one attached hydrogen (secondary N) is 1. The molecule has 0 saturated carbocycles. The zero-order chi connectivity index (χ0) is 23.7. The topological polar surface area (TPSA) is 119 Å². The van der Waals surface area contributed by atoms with Crippen LogP contribution in [0, 0.1) is 0 Å². The average molecular weight is 462 g/mol. The van der Waals surface area contributed by atoms with E-state index in [0.29, 0.717) is 6.07 Å². The lowest BCUT2D eigenvalue weighted by Gasteiger charge is -2.17. The van der Waals surface area contributed by atoms with Crippen molar-refractivity contribution in [2.75, 3.05) is 31.2 Å². The summed E-state index contributed by atoms with van der Waals surface area (Å²) in [5, 5.41) is 1.78. The van der Waals surface area contributed by atoms with Crippen molar-refractivity contribution in [2.24, 2.45) is 14.1 Å². The first-order valence-corrected chi connectivity index (χ1v) is 9.05. The Labute approximate surface area is 178 Å².